The summed E-state index contributed by atoms with van der Waals surface area (Å²) < 4.78 is 13.7. The Morgan fingerprint density at radius 1 is 1.10 bits per heavy atom. The summed E-state index contributed by atoms with van der Waals surface area (Å²) >= 11 is 0. The van der Waals surface area contributed by atoms with E-state index in [-0.39, 0.29) is 11.9 Å². The van der Waals surface area contributed by atoms with E-state index in [9.17, 15) is 4.39 Å². The van der Waals surface area contributed by atoms with Crippen LogP contribution < -0.4 is 26.2 Å². The van der Waals surface area contributed by atoms with E-state index < -0.39 is 0 Å². The zero-order valence-corrected chi connectivity index (χ0v) is 17.5. The van der Waals surface area contributed by atoms with Gasteiger partial charge in [-0.2, -0.15) is 4.98 Å². The first kappa shape index (κ1) is 20.7. The summed E-state index contributed by atoms with van der Waals surface area (Å²) in [5.74, 6) is 1.41. The van der Waals surface area contributed by atoms with Crippen LogP contribution in [0.4, 0.5) is 27.5 Å². The molecule has 2 saturated heterocycles. The van der Waals surface area contributed by atoms with Gasteiger partial charge in [-0.1, -0.05) is 6.07 Å². The second-order valence-corrected chi connectivity index (χ2v) is 8.10. The van der Waals surface area contributed by atoms with Crippen molar-refractivity contribution in [2.45, 2.75) is 38.1 Å². The van der Waals surface area contributed by atoms with Gasteiger partial charge in [0.1, 0.15) is 5.82 Å². The minimum atomic E-state index is -0.196. The maximum Gasteiger partial charge on any atom is 0.227 e. The van der Waals surface area contributed by atoms with Gasteiger partial charge in [-0.25, -0.2) is 9.37 Å². The fourth-order valence-electron chi connectivity index (χ4n) is 4.26. The summed E-state index contributed by atoms with van der Waals surface area (Å²) in [5, 5.41) is 6.97. The van der Waals surface area contributed by atoms with Gasteiger partial charge < -0.3 is 26.2 Å². The number of piperidine rings is 2. The van der Waals surface area contributed by atoms with E-state index in [0.29, 0.717) is 13.1 Å². The van der Waals surface area contributed by atoms with Gasteiger partial charge in [0.25, 0.3) is 0 Å². The average molecular weight is 414 g/mol. The highest BCUT2D eigenvalue weighted by atomic mass is 19.1. The van der Waals surface area contributed by atoms with Crippen molar-refractivity contribution in [2.24, 2.45) is 5.73 Å². The summed E-state index contributed by atoms with van der Waals surface area (Å²) in [5.41, 5.74) is 7.49. The van der Waals surface area contributed by atoms with Crippen molar-refractivity contribution >= 4 is 23.1 Å². The van der Waals surface area contributed by atoms with Gasteiger partial charge in [0, 0.05) is 51.0 Å². The van der Waals surface area contributed by atoms with Gasteiger partial charge in [0.2, 0.25) is 5.95 Å². The Kier molecular flexibility index (Phi) is 6.84. The number of benzene rings is 1. The van der Waals surface area contributed by atoms with E-state index >= 15 is 0 Å². The molecule has 2 aliphatic rings. The molecule has 0 aliphatic carbocycles. The number of aromatic nitrogens is 2. The molecule has 8 heteroatoms. The summed E-state index contributed by atoms with van der Waals surface area (Å²) in [6.45, 7) is 4.97. The number of nitrogens with one attached hydrogen (secondary N) is 2. The summed E-state index contributed by atoms with van der Waals surface area (Å²) in [7, 11) is 0. The van der Waals surface area contributed by atoms with Gasteiger partial charge in [0.15, 0.2) is 5.82 Å². The molecule has 162 valence electrons. The molecule has 4 rings (SSSR count). The van der Waals surface area contributed by atoms with Crippen molar-refractivity contribution in [3.8, 4) is 0 Å². The van der Waals surface area contributed by atoms with Crippen molar-refractivity contribution in [3.05, 3.63) is 36.3 Å². The maximum atomic E-state index is 13.7. The van der Waals surface area contributed by atoms with Gasteiger partial charge in [-0.15, -0.1) is 0 Å². The highest BCUT2D eigenvalue weighted by molar-refractivity contribution is 5.65. The molecule has 4 N–H and O–H groups in total. The van der Waals surface area contributed by atoms with Crippen molar-refractivity contribution < 1.29 is 4.39 Å². The van der Waals surface area contributed by atoms with Crippen LogP contribution in [0.15, 0.2) is 30.5 Å². The molecular formula is C22H32FN7. The molecule has 30 heavy (non-hydrogen) atoms. The lowest BCUT2D eigenvalue weighted by atomic mass is 10.0. The third-order valence-corrected chi connectivity index (χ3v) is 5.81. The minimum absolute atomic E-state index is 0.196. The molecule has 3 heterocycles. The molecule has 0 radical (unpaired) electrons. The highest BCUT2D eigenvalue weighted by Crippen LogP contribution is 2.27. The lowest BCUT2D eigenvalue weighted by molar-refractivity contribution is 0.527. The Balaban J connectivity index is 1.50. The number of halogens is 1. The number of anilines is 4. The van der Waals surface area contributed by atoms with Crippen molar-refractivity contribution in [1.82, 2.24) is 9.97 Å². The smallest absolute Gasteiger partial charge is 0.227 e. The lowest BCUT2D eigenvalue weighted by Crippen LogP contribution is -2.42. The molecule has 2 aromatic rings. The molecule has 1 aromatic heterocycles. The third-order valence-electron chi connectivity index (χ3n) is 5.81. The van der Waals surface area contributed by atoms with E-state index in [1.165, 1.54) is 25.3 Å². The molecule has 2 aliphatic heterocycles. The van der Waals surface area contributed by atoms with Gasteiger partial charge >= 0.3 is 0 Å². The Labute approximate surface area is 177 Å². The predicted molar refractivity (Wildman–Crippen MR) is 121 cm³/mol. The number of rotatable bonds is 7. The van der Waals surface area contributed by atoms with Crippen molar-refractivity contribution in [1.29, 1.82) is 0 Å². The molecule has 0 bridgehead atoms. The molecule has 0 unspecified atom stereocenters. The van der Waals surface area contributed by atoms with Crippen LogP contribution in [0, 0.1) is 5.82 Å². The normalized spacial score (nSPS) is 19.6. The topological polar surface area (TPSA) is 82.3 Å². The van der Waals surface area contributed by atoms with Crippen LogP contribution in [0.3, 0.4) is 0 Å². The monoisotopic (exact) mass is 413 g/mol. The zero-order valence-electron chi connectivity index (χ0n) is 17.5. The Bertz CT molecular complexity index is 825. The quantitative estimate of drug-likeness (QED) is 0.643. The third kappa shape index (κ3) is 5.11. The minimum Gasteiger partial charge on any atom is -0.380 e. The Morgan fingerprint density at radius 3 is 2.73 bits per heavy atom. The fraction of sp³-hybridized carbons (Fsp3) is 0.545. The van der Waals surface area contributed by atoms with Gasteiger partial charge in [0.05, 0.1) is 11.9 Å². The molecule has 1 aromatic carbocycles. The zero-order chi connectivity index (χ0) is 20.8. The molecule has 7 nitrogen and oxygen atoms in total. The van der Waals surface area contributed by atoms with E-state index in [0.717, 1.165) is 62.2 Å². The second kappa shape index (κ2) is 9.93. The standard InChI is InChI=1S/C22H32FN7/c23-17-6-4-8-19(14-17)30-13-5-7-18(16-30)27-21-20(25-10-9-24)15-26-22(28-21)29-11-2-1-3-12-29/h4,6,8,14-15,18,25H,1-3,5,7,9-13,16,24H2,(H,26,27,28)/t18-/m1/s1. The second-order valence-electron chi connectivity index (χ2n) is 8.10. The first-order chi connectivity index (χ1) is 14.7. The number of hydrogen-bond acceptors (Lipinski definition) is 7. The number of nitrogens with zero attached hydrogens (tertiary/aromatic N) is 4. The molecule has 0 spiro atoms. The van der Waals surface area contributed by atoms with E-state index in [4.69, 9.17) is 10.7 Å². The fourth-order valence-corrected chi connectivity index (χ4v) is 4.26. The Hall–Kier alpha value is -2.61. The largest absolute Gasteiger partial charge is 0.380 e. The van der Waals surface area contributed by atoms with E-state index in [1.807, 2.05) is 12.3 Å². The SMILES string of the molecule is NCCNc1cnc(N2CCCCC2)nc1N[C@@H]1CCCN(c2cccc(F)c2)C1. The van der Waals surface area contributed by atoms with Crippen LogP contribution >= 0.6 is 0 Å². The molecule has 0 amide bonds. The summed E-state index contributed by atoms with van der Waals surface area (Å²) in [6.07, 6.45) is 7.60. The highest BCUT2D eigenvalue weighted by Gasteiger charge is 2.23. The number of hydrogen-bond donors (Lipinski definition) is 3. The van der Waals surface area contributed by atoms with Crippen LogP contribution in [-0.2, 0) is 0 Å². The van der Waals surface area contributed by atoms with Crippen molar-refractivity contribution in [2.75, 3.05) is 59.7 Å². The van der Waals surface area contributed by atoms with Gasteiger partial charge in [-0.05, 0) is 50.3 Å². The summed E-state index contributed by atoms with van der Waals surface area (Å²) in [6, 6.07) is 7.06. The van der Waals surface area contributed by atoms with E-state index in [2.05, 4.69) is 25.4 Å². The van der Waals surface area contributed by atoms with Crippen LogP contribution in [-0.4, -0.2) is 55.3 Å². The predicted octanol–water partition coefficient (Wildman–Crippen LogP) is 3.06. The molecule has 0 saturated carbocycles. The first-order valence-electron chi connectivity index (χ1n) is 11.1. The first-order valence-corrected chi connectivity index (χ1v) is 11.1. The summed E-state index contributed by atoms with van der Waals surface area (Å²) in [4.78, 5) is 14.0. The van der Waals surface area contributed by atoms with Crippen molar-refractivity contribution in [3.63, 3.8) is 0 Å². The molecular weight excluding hydrogens is 381 g/mol. The average Bonchev–Trinajstić information content (AvgIpc) is 2.79. The van der Waals surface area contributed by atoms with Crippen LogP contribution in [0.5, 0.6) is 0 Å². The van der Waals surface area contributed by atoms with Crippen LogP contribution in [0.2, 0.25) is 0 Å². The van der Waals surface area contributed by atoms with Crippen LogP contribution in [0.25, 0.3) is 0 Å². The molecule has 2 fully saturated rings. The Morgan fingerprint density at radius 2 is 1.93 bits per heavy atom. The number of nitrogens with two attached hydrogens (primary N) is 1. The van der Waals surface area contributed by atoms with E-state index in [1.54, 1.807) is 12.1 Å². The molecule has 1 atom stereocenters. The van der Waals surface area contributed by atoms with Gasteiger partial charge in [-0.3, -0.25) is 0 Å². The maximum absolute atomic E-state index is 13.7. The lowest BCUT2D eigenvalue weighted by Gasteiger charge is -2.35. The van der Waals surface area contributed by atoms with Crippen LogP contribution in [0.1, 0.15) is 32.1 Å².